The Labute approximate surface area is 154 Å². The molecule has 0 aromatic carbocycles. The Kier molecular flexibility index (Phi) is 5.21. The lowest BCUT2D eigenvalue weighted by Crippen LogP contribution is -2.50. The molecular weight excluding hydrogens is 332 g/mol. The number of carbonyl (C=O) groups excluding carboxylic acids is 1. The highest BCUT2D eigenvalue weighted by Gasteiger charge is 2.25. The molecule has 3 aliphatic heterocycles. The van der Waals surface area contributed by atoms with E-state index < -0.39 is 0 Å². The van der Waals surface area contributed by atoms with Gasteiger partial charge in [-0.2, -0.15) is 4.98 Å². The Balaban J connectivity index is 1.34. The number of rotatable bonds is 4. The average molecular weight is 360 g/mol. The molecule has 0 unspecified atom stereocenters. The summed E-state index contributed by atoms with van der Waals surface area (Å²) in [6.07, 6.45) is 3.27. The Morgan fingerprint density at radius 3 is 2.62 bits per heavy atom. The largest absolute Gasteiger partial charge is 0.381 e. The standard InChI is InChI=1S/C18H28N6O2/c19-18-20-15(14-3-10-26-13-14)11-16(21-18)23-8-6-22(7-9-23)12-17(25)24-4-1-2-5-24/h11,14H,1-10,12-13H2,(H2,19,20,21)/t14-/m1/s1. The third kappa shape index (κ3) is 3.91. The molecule has 8 heteroatoms. The number of aromatic nitrogens is 2. The van der Waals surface area contributed by atoms with Crippen molar-refractivity contribution in [1.82, 2.24) is 19.8 Å². The minimum atomic E-state index is 0.269. The molecule has 26 heavy (non-hydrogen) atoms. The fourth-order valence-electron chi connectivity index (χ4n) is 4.00. The van der Waals surface area contributed by atoms with Gasteiger partial charge in [0.2, 0.25) is 11.9 Å². The molecule has 1 atom stereocenters. The third-order valence-electron chi connectivity index (χ3n) is 5.61. The van der Waals surface area contributed by atoms with Crippen molar-refractivity contribution in [3.8, 4) is 0 Å². The van der Waals surface area contributed by atoms with E-state index in [1.807, 2.05) is 4.90 Å². The van der Waals surface area contributed by atoms with Gasteiger partial charge in [-0.15, -0.1) is 0 Å². The van der Waals surface area contributed by atoms with Crippen molar-refractivity contribution in [3.05, 3.63) is 11.8 Å². The number of piperazine rings is 1. The molecule has 3 saturated heterocycles. The normalized spacial score (nSPS) is 24.4. The first-order valence-electron chi connectivity index (χ1n) is 9.66. The number of anilines is 2. The van der Waals surface area contributed by atoms with Crippen LogP contribution in [-0.2, 0) is 9.53 Å². The van der Waals surface area contributed by atoms with Crippen LogP contribution in [0.3, 0.4) is 0 Å². The molecule has 0 saturated carbocycles. The van der Waals surface area contributed by atoms with Gasteiger partial charge in [0.1, 0.15) is 5.82 Å². The van der Waals surface area contributed by atoms with Gasteiger partial charge in [-0.3, -0.25) is 9.69 Å². The molecule has 142 valence electrons. The first kappa shape index (κ1) is 17.5. The van der Waals surface area contributed by atoms with Crippen LogP contribution in [0.25, 0.3) is 0 Å². The number of carbonyl (C=O) groups is 1. The molecule has 0 spiro atoms. The summed E-state index contributed by atoms with van der Waals surface area (Å²) in [6, 6.07) is 2.06. The van der Waals surface area contributed by atoms with Gasteiger partial charge < -0.3 is 20.3 Å². The van der Waals surface area contributed by atoms with Crippen molar-refractivity contribution in [2.75, 3.05) is 69.7 Å². The molecular formula is C18H28N6O2. The number of ether oxygens (including phenoxy) is 1. The van der Waals surface area contributed by atoms with Crippen molar-refractivity contribution in [2.24, 2.45) is 0 Å². The predicted molar refractivity (Wildman–Crippen MR) is 99.1 cm³/mol. The number of hydrogen-bond donors (Lipinski definition) is 1. The molecule has 3 aliphatic rings. The van der Waals surface area contributed by atoms with E-state index in [0.29, 0.717) is 25.0 Å². The summed E-state index contributed by atoms with van der Waals surface area (Å²) in [6.45, 7) is 7.31. The summed E-state index contributed by atoms with van der Waals surface area (Å²) in [4.78, 5) is 27.6. The fraction of sp³-hybridized carbons (Fsp3) is 0.722. The third-order valence-corrected chi connectivity index (χ3v) is 5.61. The van der Waals surface area contributed by atoms with E-state index in [9.17, 15) is 4.79 Å². The predicted octanol–water partition coefficient (Wildman–Crippen LogP) is 0.307. The first-order chi connectivity index (χ1) is 12.7. The van der Waals surface area contributed by atoms with E-state index in [-0.39, 0.29) is 5.91 Å². The number of amides is 1. The molecule has 2 N–H and O–H groups in total. The number of nitrogen functional groups attached to an aromatic ring is 1. The maximum Gasteiger partial charge on any atom is 0.236 e. The molecule has 1 amide bonds. The van der Waals surface area contributed by atoms with Gasteiger partial charge in [0.25, 0.3) is 0 Å². The highest BCUT2D eigenvalue weighted by Crippen LogP contribution is 2.27. The number of nitrogens with two attached hydrogens (primary N) is 1. The van der Waals surface area contributed by atoms with Crippen LogP contribution in [-0.4, -0.2) is 84.7 Å². The summed E-state index contributed by atoms with van der Waals surface area (Å²) >= 11 is 0. The van der Waals surface area contributed by atoms with Crippen LogP contribution >= 0.6 is 0 Å². The van der Waals surface area contributed by atoms with Crippen LogP contribution in [0, 0.1) is 0 Å². The fourth-order valence-corrected chi connectivity index (χ4v) is 4.00. The highest BCUT2D eigenvalue weighted by molar-refractivity contribution is 5.78. The zero-order valence-electron chi connectivity index (χ0n) is 15.3. The van der Waals surface area contributed by atoms with Gasteiger partial charge in [-0.05, 0) is 19.3 Å². The summed E-state index contributed by atoms with van der Waals surface area (Å²) in [5, 5.41) is 0. The van der Waals surface area contributed by atoms with Crippen molar-refractivity contribution >= 4 is 17.7 Å². The minimum Gasteiger partial charge on any atom is -0.381 e. The molecule has 0 aliphatic carbocycles. The van der Waals surface area contributed by atoms with Gasteiger partial charge in [-0.25, -0.2) is 4.98 Å². The molecule has 4 heterocycles. The van der Waals surface area contributed by atoms with Crippen molar-refractivity contribution in [1.29, 1.82) is 0 Å². The zero-order chi connectivity index (χ0) is 17.9. The molecule has 1 aromatic rings. The van der Waals surface area contributed by atoms with E-state index in [2.05, 4.69) is 25.8 Å². The van der Waals surface area contributed by atoms with E-state index in [1.165, 1.54) is 0 Å². The summed E-state index contributed by atoms with van der Waals surface area (Å²) in [7, 11) is 0. The molecule has 0 bridgehead atoms. The second-order valence-electron chi connectivity index (χ2n) is 7.42. The van der Waals surface area contributed by atoms with Crippen molar-refractivity contribution in [3.63, 3.8) is 0 Å². The zero-order valence-corrected chi connectivity index (χ0v) is 15.3. The van der Waals surface area contributed by atoms with E-state index in [0.717, 1.165) is 76.6 Å². The van der Waals surface area contributed by atoms with Gasteiger partial charge in [0.15, 0.2) is 0 Å². The number of nitrogens with zero attached hydrogens (tertiary/aromatic N) is 5. The molecule has 1 aromatic heterocycles. The lowest BCUT2D eigenvalue weighted by atomic mass is 10.0. The lowest BCUT2D eigenvalue weighted by molar-refractivity contribution is -0.131. The molecule has 3 fully saturated rings. The molecule has 4 rings (SSSR count). The van der Waals surface area contributed by atoms with Gasteiger partial charge in [0.05, 0.1) is 18.8 Å². The molecule has 8 nitrogen and oxygen atoms in total. The smallest absolute Gasteiger partial charge is 0.236 e. The van der Waals surface area contributed by atoms with Crippen LogP contribution in [0.1, 0.15) is 30.9 Å². The number of likely N-dealkylation sites (tertiary alicyclic amines) is 1. The van der Waals surface area contributed by atoms with Crippen molar-refractivity contribution < 1.29 is 9.53 Å². The van der Waals surface area contributed by atoms with E-state index >= 15 is 0 Å². The Morgan fingerprint density at radius 1 is 1.15 bits per heavy atom. The van der Waals surface area contributed by atoms with E-state index in [4.69, 9.17) is 10.5 Å². The minimum absolute atomic E-state index is 0.269. The summed E-state index contributed by atoms with van der Waals surface area (Å²) < 4.78 is 5.47. The average Bonchev–Trinajstić information content (AvgIpc) is 3.36. The van der Waals surface area contributed by atoms with Gasteiger partial charge in [0, 0.05) is 57.9 Å². The Morgan fingerprint density at radius 2 is 1.92 bits per heavy atom. The Bertz CT molecular complexity index is 635. The van der Waals surface area contributed by atoms with Crippen LogP contribution in [0.5, 0.6) is 0 Å². The van der Waals surface area contributed by atoms with Crippen LogP contribution in [0.2, 0.25) is 0 Å². The molecule has 0 radical (unpaired) electrons. The summed E-state index contributed by atoms with van der Waals surface area (Å²) in [5.74, 6) is 1.81. The maximum absolute atomic E-state index is 12.3. The second kappa shape index (κ2) is 7.75. The first-order valence-corrected chi connectivity index (χ1v) is 9.66. The van der Waals surface area contributed by atoms with Crippen LogP contribution in [0.4, 0.5) is 11.8 Å². The maximum atomic E-state index is 12.3. The quantitative estimate of drug-likeness (QED) is 0.826. The highest BCUT2D eigenvalue weighted by atomic mass is 16.5. The monoisotopic (exact) mass is 360 g/mol. The summed E-state index contributed by atoms with van der Waals surface area (Å²) in [5.41, 5.74) is 6.93. The Hall–Kier alpha value is -1.93. The SMILES string of the molecule is Nc1nc([C@@H]2CCOC2)cc(N2CCN(CC(=O)N3CCCC3)CC2)n1. The van der Waals surface area contributed by atoms with E-state index in [1.54, 1.807) is 0 Å². The lowest BCUT2D eigenvalue weighted by Gasteiger charge is -2.35. The second-order valence-corrected chi connectivity index (χ2v) is 7.42. The van der Waals surface area contributed by atoms with Crippen LogP contribution in [0.15, 0.2) is 6.07 Å². The van der Waals surface area contributed by atoms with Gasteiger partial charge >= 0.3 is 0 Å². The van der Waals surface area contributed by atoms with Crippen LogP contribution < -0.4 is 10.6 Å². The topological polar surface area (TPSA) is 87.8 Å². The van der Waals surface area contributed by atoms with Gasteiger partial charge in [-0.1, -0.05) is 0 Å². The number of hydrogen-bond acceptors (Lipinski definition) is 7. The van der Waals surface area contributed by atoms with Crippen molar-refractivity contribution in [2.45, 2.75) is 25.2 Å².